The molecule has 0 amide bonds. The Morgan fingerprint density at radius 1 is 1.03 bits per heavy atom. The molecule has 9 heteroatoms. The lowest BCUT2D eigenvalue weighted by atomic mass is 10.1. The third kappa shape index (κ3) is 4.85. The molecule has 0 bridgehead atoms. The van der Waals surface area contributed by atoms with Gasteiger partial charge in [-0.25, -0.2) is 4.79 Å². The number of aromatic nitrogens is 4. The van der Waals surface area contributed by atoms with Gasteiger partial charge in [-0.3, -0.25) is 13.9 Å². The molecule has 4 rings (SSSR count). The number of fused-ring (bicyclic) bond motifs is 1. The van der Waals surface area contributed by atoms with Crippen molar-refractivity contribution in [2.75, 3.05) is 18.6 Å². The maximum absolute atomic E-state index is 13.1. The van der Waals surface area contributed by atoms with Gasteiger partial charge >= 0.3 is 5.69 Å². The third-order valence-electron chi connectivity index (χ3n) is 6.25. The minimum Gasteiger partial charge on any atom is -0.491 e. The summed E-state index contributed by atoms with van der Waals surface area (Å²) < 4.78 is 9.90. The fourth-order valence-corrected chi connectivity index (χ4v) is 4.09. The lowest BCUT2D eigenvalue weighted by molar-refractivity contribution is 0.0936. The molecule has 2 heterocycles. The van der Waals surface area contributed by atoms with Crippen LogP contribution in [0.15, 0.2) is 58.1 Å². The lowest BCUT2D eigenvalue weighted by Crippen LogP contribution is -2.38. The molecule has 1 N–H and O–H groups in total. The van der Waals surface area contributed by atoms with E-state index in [0.717, 1.165) is 21.3 Å². The van der Waals surface area contributed by atoms with Gasteiger partial charge in [0.05, 0.1) is 6.54 Å². The van der Waals surface area contributed by atoms with Gasteiger partial charge in [-0.05, 0) is 42.7 Å². The second-order valence-electron chi connectivity index (χ2n) is 8.95. The number of imidazole rings is 1. The summed E-state index contributed by atoms with van der Waals surface area (Å²) >= 11 is 0. The Labute approximate surface area is 203 Å². The van der Waals surface area contributed by atoms with Crippen LogP contribution in [-0.4, -0.2) is 43.6 Å². The summed E-state index contributed by atoms with van der Waals surface area (Å²) in [7, 11) is 4.89. The van der Waals surface area contributed by atoms with Gasteiger partial charge in [0.1, 0.15) is 18.5 Å². The van der Waals surface area contributed by atoms with E-state index in [1.165, 1.54) is 11.6 Å². The standard InChI is InChI=1S/C26H31N5O4/c1-17-11-12-21(13-18(17)2)35-16-20(32)15-31-22-23(29(4)26(34)30(5)24(22)33)27-25(31)28(3)14-19-9-7-6-8-10-19/h6-13,20,32H,14-16H2,1-5H3/t20-/m0/s1. The summed E-state index contributed by atoms with van der Waals surface area (Å²) in [6.07, 6.45) is -0.917. The molecule has 1 atom stereocenters. The molecule has 0 fully saturated rings. The van der Waals surface area contributed by atoms with Gasteiger partial charge in [0, 0.05) is 27.7 Å². The van der Waals surface area contributed by atoms with Gasteiger partial charge in [-0.1, -0.05) is 36.4 Å². The van der Waals surface area contributed by atoms with E-state index in [2.05, 4.69) is 4.98 Å². The van der Waals surface area contributed by atoms with Gasteiger partial charge in [0.15, 0.2) is 11.2 Å². The molecule has 184 valence electrons. The predicted octanol–water partition coefficient (Wildman–Crippen LogP) is 2.13. The van der Waals surface area contributed by atoms with Crippen LogP contribution in [0.5, 0.6) is 5.75 Å². The minimum atomic E-state index is -0.917. The zero-order chi connectivity index (χ0) is 25.3. The van der Waals surface area contributed by atoms with Crippen molar-refractivity contribution in [1.82, 2.24) is 18.7 Å². The van der Waals surface area contributed by atoms with Crippen molar-refractivity contribution in [3.05, 3.63) is 86.1 Å². The van der Waals surface area contributed by atoms with Crippen molar-refractivity contribution in [1.29, 1.82) is 0 Å². The minimum absolute atomic E-state index is 0.0378. The summed E-state index contributed by atoms with van der Waals surface area (Å²) in [5, 5.41) is 10.9. The first-order valence-electron chi connectivity index (χ1n) is 11.5. The Kier molecular flexibility index (Phi) is 6.79. The van der Waals surface area contributed by atoms with Gasteiger partial charge in [-0.15, -0.1) is 0 Å². The van der Waals surface area contributed by atoms with Crippen LogP contribution in [0.2, 0.25) is 0 Å². The normalized spacial score (nSPS) is 12.2. The topological polar surface area (TPSA) is 94.5 Å². The van der Waals surface area contributed by atoms with E-state index >= 15 is 0 Å². The molecule has 0 aliphatic heterocycles. The van der Waals surface area contributed by atoms with Crippen LogP contribution >= 0.6 is 0 Å². The quantitative estimate of drug-likeness (QED) is 0.418. The van der Waals surface area contributed by atoms with E-state index in [9.17, 15) is 14.7 Å². The Hall–Kier alpha value is -3.85. The Bertz CT molecular complexity index is 1470. The van der Waals surface area contributed by atoms with E-state index in [0.29, 0.717) is 18.2 Å². The highest BCUT2D eigenvalue weighted by atomic mass is 16.5. The second kappa shape index (κ2) is 9.79. The summed E-state index contributed by atoms with van der Waals surface area (Å²) in [6.45, 7) is 4.68. The zero-order valence-corrected chi connectivity index (χ0v) is 20.7. The average Bonchev–Trinajstić information content (AvgIpc) is 3.22. The van der Waals surface area contributed by atoms with E-state index < -0.39 is 17.4 Å². The fourth-order valence-electron chi connectivity index (χ4n) is 4.09. The molecule has 0 radical (unpaired) electrons. The molecule has 0 unspecified atom stereocenters. The first-order valence-corrected chi connectivity index (χ1v) is 11.5. The smallest absolute Gasteiger partial charge is 0.332 e. The SMILES string of the molecule is Cc1ccc(OC[C@@H](O)Cn2c(N(C)Cc3ccccc3)nc3c2c(=O)n(C)c(=O)n3C)cc1C. The van der Waals surface area contributed by atoms with Crippen LogP contribution in [-0.2, 0) is 27.2 Å². The summed E-state index contributed by atoms with van der Waals surface area (Å²) in [5.74, 6) is 1.15. The molecule has 0 saturated heterocycles. The van der Waals surface area contributed by atoms with E-state index in [-0.39, 0.29) is 24.3 Å². The van der Waals surface area contributed by atoms with Gasteiger partial charge in [0.2, 0.25) is 5.95 Å². The monoisotopic (exact) mass is 477 g/mol. The van der Waals surface area contributed by atoms with Gasteiger partial charge < -0.3 is 19.3 Å². The van der Waals surface area contributed by atoms with Crippen molar-refractivity contribution >= 4 is 17.1 Å². The number of benzene rings is 2. The van der Waals surface area contributed by atoms with Crippen LogP contribution in [0.25, 0.3) is 11.2 Å². The molecule has 2 aromatic carbocycles. The molecule has 0 aliphatic carbocycles. The predicted molar refractivity (Wildman–Crippen MR) is 136 cm³/mol. The van der Waals surface area contributed by atoms with Crippen molar-refractivity contribution in [2.24, 2.45) is 14.1 Å². The molecule has 0 spiro atoms. The lowest BCUT2D eigenvalue weighted by Gasteiger charge is -2.21. The number of aliphatic hydroxyl groups is 1. The molecule has 4 aromatic rings. The maximum atomic E-state index is 13.1. The van der Waals surface area contributed by atoms with Crippen molar-refractivity contribution in [3.63, 3.8) is 0 Å². The maximum Gasteiger partial charge on any atom is 0.332 e. The Balaban J connectivity index is 1.69. The van der Waals surface area contributed by atoms with Crippen molar-refractivity contribution < 1.29 is 9.84 Å². The van der Waals surface area contributed by atoms with Gasteiger partial charge in [-0.2, -0.15) is 4.98 Å². The van der Waals surface area contributed by atoms with Crippen LogP contribution in [0.1, 0.15) is 16.7 Å². The Morgan fingerprint density at radius 2 is 1.74 bits per heavy atom. The van der Waals surface area contributed by atoms with Crippen LogP contribution in [0, 0.1) is 13.8 Å². The first-order chi connectivity index (χ1) is 16.7. The second-order valence-corrected chi connectivity index (χ2v) is 8.95. The number of rotatable bonds is 8. The molecule has 9 nitrogen and oxygen atoms in total. The molecular formula is C26H31N5O4. The molecular weight excluding hydrogens is 446 g/mol. The number of anilines is 1. The highest BCUT2D eigenvalue weighted by Crippen LogP contribution is 2.22. The Morgan fingerprint density at radius 3 is 2.43 bits per heavy atom. The van der Waals surface area contributed by atoms with Crippen LogP contribution < -0.4 is 20.9 Å². The number of nitrogens with zero attached hydrogens (tertiary/aromatic N) is 5. The summed E-state index contributed by atoms with van der Waals surface area (Å²) in [4.78, 5) is 32.2. The largest absolute Gasteiger partial charge is 0.491 e. The number of hydrogen-bond donors (Lipinski definition) is 1. The fraction of sp³-hybridized carbons (Fsp3) is 0.346. The molecule has 0 saturated carbocycles. The average molecular weight is 478 g/mol. The van der Waals surface area contributed by atoms with E-state index in [1.54, 1.807) is 11.6 Å². The molecule has 35 heavy (non-hydrogen) atoms. The van der Waals surface area contributed by atoms with E-state index in [4.69, 9.17) is 4.74 Å². The van der Waals surface area contributed by atoms with Gasteiger partial charge in [0.25, 0.3) is 5.56 Å². The highest BCUT2D eigenvalue weighted by Gasteiger charge is 2.23. The zero-order valence-electron chi connectivity index (χ0n) is 20.7. The first kappa shape index (κ1) is 24.3. The molecule has 2 aromatic heterocycles. The number of aryl methyl sites for hydroxylation is 3. The van der Waals surface area contributed by atoms with Crippen molar-refractivity contribution in [3.8, 4) is 5.75 Å². The van der Waals surface area contributed by atoms with Crippen molar-refractivity contribution in [2.45, 2.75) is 33.0 Å². The summed E-state index contributed by atoms with van der Waals surface area (Å²) in [5.41, 5.74) is 2.95. The van der Waals surface area contributed by atoms with Crippen LogP contribution in [0.4, 0.5) is 5.95 Å². The van der Waals surface area contributed by atoms with E-state index in [1.807, 2.05) is 74.3 Å². The number of aliphatic hydroxyl groups excluding tert-OH is 1. The number of hydrogen-bond acceptors (Lipinski definition) is 6. The molecule has 0 aliphatic rings. The third-order valence-corrected chi connectivity index (χ3v) is 6.25. The highest BCUT2D eigenvalue weighted by molar-refractivity contribution is 5.74. The van der Waals surface area contributed by atoms with Crippen LogP contribution in [0.3, 0.4) is 0 Å². The summed E-state index contributed by atoms with van der Waals surface area (Å²) in [6, 6.07) is 15.6. The number of ether oxygens (including phenoxy) is 1.